The van der Waals surface area contributed by atoms with Gasteiger partial charge < -0.3 is 10.2 Å². The van der Waals surface area contributed by atoms with Crippen LogP contribution in [0.2, 0.25) is 0 Å². The Labute approximate surface area is 124 Å². The highest BCUT2D eigenvalue weighted by molar-refractivity contribution is 5.46. The fraction of sp³-hybridized carbons (Fsp3) is 0.667. The molecule has 1 aromatic carbocycles. The summed E-state index contributed by atoms with van der Waals surface area (Å²) in [5.41, 5.74) is 2.03. The van der Waals surface area contributed by atoms with E-state index in [0.29, 0.717) is 12.4 Å². The van der Waals surface area contributed by atoms with E-state index in [9.17, 15) is 5.11 Å². The Kier molecular flexibility index (Phi) is 7.29. The monoisotopic (exact) mass is 280 g/mol. The van der Waals surface area contributed by atoms with Crippen molar-refractivity contribution in [2.24, 2.45) is 0 Å². The number of aromatic hydroxyl groups is 1. The molecule has 0 amide bonds. The molecule has 1 aromatic rings. The van der Waals surface area contributed by atoms with E-state index in [1.807, 2.05) is 18.2 Å². The van der Waals surface area contributed by atoms with Gasteiger partial charge in [0.1, 0.15) is 5.75 Å². The van der Waals surface area contributed by atoms with Crippen LogP contribution in [0, 0.1) is 0 Å². The third kappa shape index (κ3) is 5.96. The third-order valence-electron chi connectivity index (χ3n) is 3.16. The fourth-order valence-corrected chi connectivity index (χ4v) is 1.91. The zero-order chi connectivity index (χ0) is 16.0. The maximum Gasteiger partial charge on any atom is 0.123 e. The molecule has 2 heteroatoms. The second-order valence-electron chi connectivity index (χ2n) is 7.28. The van der Waals surface area contributed by atoms with Crippen molar-refractivity contribution < 1.29 is 10.2 Å². The van der Waals surface area contributed by atoms with Crippen LogP contribution in [0.4, 0.5) is 0 Å². The molecule has 20 heavy (non-hydrogen) atoms. The van der Waals surface area contributed by atoms with Crippen LogP contribution in [0.1, 0.15) is 72.4 Å². The highest BCUT2D eigenvalue weighted by Gasteiger charge is 2.24. The molecular formula is C18H32O2. The molecule has 2 N–H and O–H groups in total. The number of para-hydroxylation sites is 1. The highest BCUT2D eigenvalue weighted by atomic mass is 16.3. The van der Waals surface area contributed by atoms with Gasteiger partial charge in [-0.15, -0.1) is 0 Å². The maximum absolute atomic E-state index is 10.3. The Bertz CT molecular complexity index is 361. The predicted octanol–water partition coefficient (Wildman–Crippen LogP) is 4.77. The summed E-state index contributed by atoms with van der Waals surface area (Å²) in [6.07, 6.45) is 2.04. The van der Waals surface area contributed by atoms with E-state index in [2.05, 4.69) is 48.5 Å². The Morgan fingerprint density at radius 1 is 0.900 bits per heavy atom. The van der Waals surface area contributed by atoms with Crippen LogP contribution < -0.4 is 0 Å². The Morgan fingerprint density at radius 2 is 1.30 bits per heavy atom. The number of aliphatic hydroxyl groups excluding tert-OH is 1. The van der Waals surface area contributed by atoms with E-state index >= 15 is 0 Å². The van der Waals surface area contributed by atoms with Crippen LogP contribution in [-0.2, 0) is 10.8 Å². The largest absolute Gasteiger partial charge is 0.507 e. The van der Waals surface area contributed by atoms with Gasteiger partial charge in [0.2, 0.25) is 0 Å². The molecule has 0 fully saturated rings. The van der Waals surface area contributed by atoms with Crippen molar-refractivity contribution in [3.63, 3.8) is 0 Å². The number of aliphatic hydroxyl groups is 1. The van der Waals surface area contributed by atoms with Gasteiger partial charge in [0, 0.05) is 6.61 Å². The lowest BCUT2D eigenvalue weighted by molar-refractivity contribution is 0.287. The molecule has 0 radical (unpaired) electrons. The predicted molar refractivity (Wildman–Crippen MR) is 87.5 cm³/mol. The van der Waals surface area contributed by atoms with Crippen molar-refractivity contribution >= 4 is 0 Å². The zero-order valence-corrected chi connectivity index (χ0v) is 14.2. The minimum Gasteiger partial charge on any atom is -0.507 e. The van der Waals surface area contributed by atoms with Crippen molar-refractivity contribution in [1.29, 1.82) is 0 Å². The highest BCUT2D eigenvalue weighted by Crippen LogP contribution is 2.38. The normalized spacial score (nSPS) is 11.8. The second-order valence-corrected chi connectivity index (χ2v) is 7.28. The number of hydrogen-bond donors (Lipinski definition) is 2. The molecule has 0 aliphatic rings. The van der Waals surface area contributed by atoms with Gasteiger partial charge in [-0.3, -0.25) is 0 Å². The van der Waals surface area contributed by atoms with Crippen LogP contribution in [0.3, 0.4) is 0 Å². The van der Waals surface area contributed by atoms with Crippen LogP contribution in [-0.4, -0.2) is 16.8 Å². The summed E-state index contributed by atoms with van der Waals surface area (Å²) < 4.78 is 0. The molecule has 0 aromatic heterocycles. The number of benzene rings is 1. The molecule has 0 spiro atoms. The molecule has 0 unspecified atom stereocenters. The van der Waals surface area contributed by atoms with Gasteiger partial charge in [0.15, 0.2) is 0 Å². The van der Waals surface area contributed by atoms with Gasteiger partial charge in [-0.1, -0.05) is 73.1 Å². The molecule has 0 heterocycles. The summed E-state index contributed by atoms with van der Waals surface area (Å²) in [4.78, 5) is 0. The average Bonchev–Trinajstić information content (AvgIpc) is 2.28. The second kappa shape index (κ2) is 7.68. The first-order chi connectivity index (χ1) is 9.05. The number of phenols is 1. The summed E-state index contributed by atoms with van der Waals surface area (Å²) in [6, 6.07) is 6.04. The van der Waals surface area contributed by atoms with Gasteiger partial charge >= 0.3 is 0 Å². The van der Waals surface area contributed by atoms with Gasteiger partial charge in [-0.05, 0) is 28.4 Å². The first-order valence-corrected chi connectivity index (χ1v) is 7.49. The molecule has 0 saturated heterocycles. The van der Waals surface area contributed by atoms with Gasteiger partial charge in [-0.2, -0.15) is 0 Å². The molecule has 0 aliphatic carbocycles. The number of rotatable bonds is 2. The van der Waals surface area contributed by atoms with Crippen molar-refractivity contribution in [3.05, 3.63) is 29.3 Å². The van der Waals surface area contributed by atoms with E-state index in [1.54, 1.807) is 0 Å². The first-order valence-electron chi connectivity index (χ1n) is 7.49. The number of hydrogen-bond acceptors (Lipinski definition) is 2. The molecule has 1 rings (SSSR count). The van der Waals surface area contributed by atoms with E-state index in [4.69, 9.17) is 5.11 Å². The lowest BCUT2D eigenvalue weighted by Gasteiger charge is -2.26. The Balaban J connectivity index is 0.000000621. The zero-order valence-electron chi connectivity index (χ0n) is 14.2. The molecular weight excluding hydrogens is 248 g/mol. The van der Waals surface area contributed by atoms with Gasteiger partial charge in [0.05, 0.1) is 0 Å². The van der Waals surface area contributed by atoms with Crippen LogP contribution >= 0.6 is 0 Å². The van der Waals surface area contributed by atoms with Crippen LogP contribution in [0.25, 0.3) is 0 Å². The van der Waals surface area contributed by atoms with Gasteiger partial charge in [-0.25, -0.2) is 0 Å². The molecule has 2 nitrogen and oxygen atoms in total. The van der Waals surface area contributed by atoms with E-state index in [1.165, 1.54) is 0 Å². The van der Waals surface area contributed by atoms with E-state index in [0.717, 1.165) is 24.0 Å². The number of phenolic OH excluding ortho intramolecular Hbond substituents is 1. The molecule has 0 saturated carbocycles. The van der Waals surface area contributed by atoms with Gasteiger partial charge in [0.25, 0.3) is 0 Å². The summed E-state index contributed by atoms with van der Waals surface area (Å²) in [5.74, 6) is 0.456. The fourth-order valence-electron chi connectivity index (χ4n) is 1.91. The standard InChI is InChI=1S/C14H22O.C4H10O/c1-13(2,3)10-8-7-9-11(12(10)15)14(4,5)6;1-2-3-4-5/h7-9,15H,1-6H3;5H,2-4H2,1H3. The molecule has 0 bridgehead atoms. The average molecular weight is 280 g/mol. The van der Waals surface area contributed by atoms with Crippen molar-refractivity contribution in [1.82, 2.24) is 0 Å². The topological polar surface area (TPSA) is 40.5 Å². The summed E-state index contributed by atoms with van der Waals surface area (Å²) in [5, 5.41) is 18.3. The smallest absolute Gasteiger partial charge is 0.123 e. The lowest BCUT2D eigenvalue weighted by atomic mass is 9.80. The molecule has 0 atom stereocenters. The Hall–Kier alpha value is -1.02. The maximum atomic E-state index is 10.3. The minimum atomic E-state index is -0.00859. The minimum absolute atomic E-state index is 0.00859. The quantitative estimate of drug-likeness (QED) is 0.819. The first kappa shape index (κ1) is 19.0. The van der Waals surface area contributed by atoms with E-state index < -0.39 is 0 Å². The Morgan fingerprint density at radius 3 is 1.50 bits per heavy atom. The number of unbranched alkanes of at least 4 members (excludes halogenated alkanes) is 1. The summed E-state index contributed by atoms with van der Waals surface area (Å²) in [7, 11) is 0. The SMILES string of the molecule is CC(C)(C)c1cccc(C(C)(C)C)c1O.CCCCO. The van der Waals surface area contributed by atoms with Crippen molar-refractivity contribution in [2.75, 3.05) is 6.61 Å². The van der Waals surface area contributed by atoms with Crippen molar-refractivity contribution in [2.45, 2.75) is 72.1 Å². The van der Waals surface area contributed by atoms with E-state index in [-0.39, 0.29) is 10.8 Å². The van der Waals surface area contributed by atoms with Crippen molar-refractivity contribution in [3.8, 4) is 5.75 Å². The summed E-state index contributed by atoms with van der Waals surface area (Å²) in [6.45, 7) is 15.1. The molecule has 0 aliphatic heterocycles. The summed E-state index contributed by atoms with van der Waals surface area (Å²) >= 11 is 0. The van der Waals surface area contributed by atoms with Crippen LogP contribution in [0.5, 0.6) is 5.75 Å². The lowest BCUT2D eigenvalue weighted by Crippen LogP contribution is -2.16. The third-order valence-corrected chi connectivity index (χ3v) is 3.16. The molecule has 116 valence electrons. The van der Waals surface area contributed by atoms with Crippen LogP contribution in [0.15, 0.2) is 18.2 Å².